The van der Waals surface area contributed by atoms with Crippen molar-refractivity contribution < 1.29 is 14.1 Å². The fourth-order valence-corrected chi connectivity index (χ4v) is 2.89. The number of hydrogen-bond donors (Lipinski definition) is 0. The molecule has 0 aliphatic heterocycles. The van der Waals surface area contributed by atoms with Crippen molar-refractivity contribution >= 4 is 16.9 Å². The Morgan fingerprint density at radius 2 is 1.96 bits per heavy atom. The van der Waals surface area contributed by atoms with Crippen molar-refractivity contribution in [1.82, 2.24) is 20.1 Å². The van der Waals surface area contributed by atoms with Crippen molar-refractivity contribution in [3.63, 3.8) is 0 Å². The highest BCUT2D eigenvalue weighted by atomic mass is 16.5. The van der Waals surface area contributed by atoms with Gasteiger partial charge in [0.25, 0.3) is 0 Å². The number of fused-ring (bicyclic) bond motifs is 1. The topological polar surface area (TPSA) is 91.0 Å². The third kappa shape index (κ3) is 4.20. The zero-order chi connectivity index (χ0) is 19.2. The number of nitrogens with zero attached hydrogens (tertiary/aromatic N) is 4. The summed E-state index contributed by atoms with van der Waals surface area (Å²) < 4.78 is 10.6. The first kappa shape index (κ1) is 17.8. The lowest BCUT2D eigenvalue weighted by Gasteiger charge is -2.06. The first-order valence-corrected chi connectivity index (χ1v) is 9.01. The fraction of sp³-hybridized carbons (Fsp3) is 0.190. The summed E-state index contributed by atoms with van der Waals surface area (Å²) >= 11 is 0. The molecule has 0 aliphatic rings. The largest absolute Gasteiger partial charge is 0.465 e. The van der Waals surface area contributed by atoms with Crippen LogP contribution in [0.5, 0.6) is 0 Å². The van der Waals surface area contributed by atoms with Crippen LogP contribution < -0.4 is 0 Å². The van der Waals surface area contributed by atoms with Crippen LogP contribution in [0.25, 0.3) is 22.3 Å². The van der Waals surface area contributed by atoms with E-state index in [-0.39, 0.29) is 12.4 Å². The minimum Gasteiger partial charge on any atom is -0.465 e. The zero-order valence-electron chi connectivity index (χ0n) is 15.1. The smallest absolute Gasteiger partial charge is 0.310 e. The van der Waals surface area contributed by atoms with Crippen LogP contribution in [-0.4, -0.2) is 32.7 Å². The molecule has 0 atom stereocenters. The van der Waals surface area contributed by atoms with Gasteiger partial charge in [-0.15, -0.1) is 0 Å². The predicted molar refractivity (Wildman–Crippen MR) is 102 cm³/mol. The molecule has 0 fully saturated rings. The van der Waals surface area contributed by atoms with E-state index in [9.17, 15) is 4.79 Å². The van der Waals surface area contributed by atoms with Crippen LogP contribution in [-0.2, 0) is 22.4 Å². The van der Waals surface area contributed by atoms with E-state index in [0.29, 0.717) is 31.2 Å². The SMILES string of the molecule is O=C(Cc1cccc2cccnc12)OCCCc1nc(-c2cccnc2)no1. The lowest BCUT2D eigenvalue weighted by atomic mass is 10.1. The molecule has 0 amide bonds. The molecule has 28 heavy (non-hydrogen) atoms. The maximum Gasteiger partial charge on any atom is 0.310 e. The molecule has 140 valence electrons. The van der Waals surface area contributed by atoms with Gasteiger partial charge in [-0.1, -0.05) is 29.4 Å². The second-order valence-electron chi connectivity index (χ2n) is 6.25. The summed E-state index contributed by atoms with van der Waals surface area (Å²) in [4.78, 5) is 24.9. The van der Waals surface area contributed by atoms with Crippen LogP contribution in [0.1, 0.15) is 17.9 Å². The quantitative estimate of drug-likeness (QED) is 0.362. The molecular weight excluding hydrogens is 356 g/mol. The first-order valence-electron chi connectivity index (χ1n) is 9.01. The highest BCUT2D eigenvalue weighted by Crippen LogP contribution is 2.17. The third-order valence-electron chi connectivity index (χ3n) is 4.24. The van der Waals surface area contributed by atoms with Gasteiger partial charge in [0.15, 0.2) is 0 Å². The van der Waals surface area contributed by atoms with Gasteiger partial charge >= 0.3 is 5.97 Å². The highest BCUT2D eigenvalue weighted by molar-refractivity contribution is 5.85. The molecule has 0 aliphatic carbocycles. The van der Waals surface area contributed by atoms with Crippen LogP contribution in [0.3, 0.4) is 0 Å². The van der Waals surface area contributed by atoms with Gasteiger partial charge in [-0.3, -0.25) is 14.8 Å². The maximum absolute atomic E-state index is 12.1. The number of carbonyl (C=O) groups is 1. The van der Waals surface area contributed by atoms with Crippen LogP contribution in [0.15, 0.2) is 65.6 Å². The number of benzene rings is 1. The summed E-state index contributed by atoms with van der Waals surface area (Å²) in [6.07, 6.45) is 6.43. The summed E-state index contributed by atoms with van der Waals surface area (Å²) in [6.45, 7) is 0.293. The van der Waals surface area contributed by atoms with E-state index in [0.717, 1.165) is 22.0 Å². The van der Waals surface area contributed by atoms with Crippen molar-refractivity contribution in [2.24, 2.45) is 0 Å². The van der Waals surface area contributed by atoms with Gasteiger partial charge < -0.3 is 9.26 Å². The molecule has 7 heteroatoms. The Bertz CT molecular complexity index is 1070. The maximum atomic E-state index is 12.1. The van der Waals surface area contributed by atoms with E-state index in [1.54, 1.807) is 18.6 Å². The van der Waals surface area contributed by atoms with Gasteiger partial charge in [-0.05, 0) is 30.2 Å². The molecule has 0 spiro atoms. The normalized spacial score (nSPS) is 10.9. The van der Waals surface area contributed by atoms with E-state index in [4.69, 9.17) is 9.26 Å². The summed E-state index contributed by atoms with van der Waals surface area (Å²) in [6, 6.07) is 13.3. The van der Waals surface area contributed by atoms with E-state index in [1.165, 1.54) is 0 Å². The number of esters is 1. The number of rotatable bonds is 7. The number of aromatic nitrogens is 4. The van der Waals surface area contributed by atoms with E-state index >= 15 is 0 Å². The monoisotopic (exact) mass is 374 g/mol. The second-order valence-corrected chi connectivity index (χ2v) is 6.25. The second kappa shape index (κ2) is 8.39. The molecule has 1 aromatic carbocycles. The molecule has 7 nitrogen and oxygen atoms in total. The fourth-order valence-electron chi connectivity index (χ4n) is 2.89. The molecule has 4 rings (SSSR count). The van der Waals surface area contributed by atoms with Crippen molar-refractivity contribution in [2.75, 3.05) is 6.61 Å². The van der Waals surface area contributed by atoms with Crippen molar-refractivity contribution in [1.29, 1.82) is 0 Å². The van der Waals surface area contributed by atoms with E-state index < -0.39 is 0 Å². The molecule has 3 heterocycles. The van der Waals surface area contributed by atoms with Crippen LogP contribution in [0.4, 0.5) is 0 Å². The van der Waals surface area contributed by atoms with Crippen LogP contribution in [0, 0.1) is 0 Å². The Morgan fingerprint density at radius 1 is 1.07 bits per heavy atom. The molecule has 0 unspecified atom stereocenters. The summed E-state index contributed by atoms with van der Waals surface area (Å²) in [7, 11) is 0. The zero-order valence-corrected chi connectivity index (χ0v) is 15.1. The standard InChI is InChI=1S/C21H18N4O3/c26-19(13-16-6-1-5-15-7-3-11-23-20(15)16)27-12-4-9-18-24-21(25-28-18)17-8-2-10-22-14-17/h1-3,5-8,10-11,14H,4,9,12-13H2. The van der Waals surface area contributed by atoms with Gasteiger partial charge in [-0.2, -0.15) is 4.98 Å². The summed E-state index contributed by atoms with van der Waals surface area (Å²) in [5, 5.41) is 4.95. The Kier molecular flexibility index (Phi) is 5.33. The average molecular weight is 374 g/mol. The first-order chi connectivity index (χ1) is 13.8. The van der Waals surface area contributed by atoms with Gasteiger partial charge in [0, 0.05) is 36.0 Å². The lowest BCUT2D eigenvalue weighted by molar-refractivity contribution is -0.142. The molecule has 0 bridgehead atoms. The van der Waals surface area contributed by atoms with Gasteiger partial charge in [0.1, 0.15) is 0 Å². The molecule has 0 saturated carbocycles. The Morgan fingerprint density at radius 3 is 2.86 bits per heavy atom. The van der Waals surface area contributed by atoms with E-state index in [2.05, 4.69) is 20.1 Å². The lowest BCUT2D eigenvalue weighted by Crippen LogP contribution is -2.10. The minimum atomic E-state index is -0.278. The Hall–Kier alpha value is -3.61. The van der Waals surface area contributed by atoms with Gasteiger partial charge in [-0.25, -0.2) is 0 Å². The third-order valence-corrected chi connectivity index (χ3v) is 4.24. The van der Waals surface area contributed by atoms with Gasteiger partial charge in [0.2, 0.25) is 11.7 Å². The number of aryl methyl sites for hydroxylation is 1. The number of hydrogen-bond acceptors (Lipinski definition) is 7. The molecule has 4 aromatic rings. The summed E-state index contributed by atoms with van der Waals surface area (Å²) in [5.41, 5.74) is 2.49. The number of para-hydroxylation sites is 1. The highest BCUT2D eigenvalue weighted by Gasteiger charge is 2.11. The molecule has 3 aromatic heterocycles. The van der Waals surface area contributed by atoms with Crippen LogP contribution >= 0.6 is 0 Å². The van der Waals surface area contributed by atoms with E-state index in [1.807, 2.05) is 42.5 Å². The van der Waals surface area contributed by atoms with Crippen molar-refractivity contribution in [3.05, 3.63) is 72.5 Å². The molecule has 0 saturated heterocycles. The number of carbonyl (C=O) groups excluding carboxylic acids is 1. The molecule has 0 radical (unpaired) electrons. The van der Waals surface area contributed by atoms with Crippen LogP contribution in [0.2, 0.25) is 0 Å². The van der Waals surface area contributed by atoms with Gasteiger partial charge in [0.05, 0.1) is 18.5 Å². The minimum absolute atomic E-state index is 0.195. The average Bonchev–Trinajstić information content (AvgIpc) is 3.21. The van der Waals surface area contributed by atoms with Crippen molar-refractivity contribution in [3.8, 4) is 11.4 Å². The number of ether oxygens (including phenoxy) is 1. The Balaban J connectivity index is 1.26. The predicted octanol–water partition coefficient (Wildman–Crippen LogP) is 3.40. The summed E-state index contributed by atoms with van der Waals surface area (Å²) in [5.74, 6) is 0.733. The number of pyridine rings is 2. The molecular formula is C21H18N4O3. The van der Waals surface area contributed by atoms with Crippen molar-refractivity contribution in [2.45, 2.75) is 19.3 Å². The Labute approximate surface area is 161 Å². The molecule has 0 N–H and O–H groups in total.